The van der Waals surface area contributed by atoms with Gasteiger partial charge in [0.15, 0.2) is 0 Å². The van der Waals surface area contributed by atoms with Gasteiger partial charge < -0.3 is 20.5 Å². The summed E-state index contributed by atoms with van der Waals surface area (Å²) in [6.07, 6.45) is 1.39. The van der Waals surface area contributed by atoms with Gasteiger partial charge in [0.1, 0.15) is 17.5 Å². The summed E-state index contributed by atoms with van der Waals surface area (Å²) in [6.45, 7) is 2.59. The second kappa shape index (κ2) is 9.84. The lowest BCUT2D eigenvalue weighted by molar-refractivity contribution is -0.140. The molecule has 8 heteroatoms. The Morgan fingerprint density at radius 1 is 1.00 bits per heavy atom. The maximum Gasteiger partial charge on any atom is 0.325 e. The molecule has 1 unspecified atom stereocenters. The molecule has 29 heavy (non-hydrogen) atoms. The fourth-order valence-corrected chi connectivity index (χ4v) is 2.24. The zero-order valence-corrected chi connectivity index (χ0v) is 15.8. The lowest BCUT2D eigenvalue weighted by Crippen LogP contribution is -2.42. The number of esters is 1. The maximum absolute atomic E-state index is 12.5. The van der Waals surface area contributed by atoms with E-state index in [9.17, 15) is 19.2 Å². The van der Waals surface area contributed by atoms with Gasteiger partial charge in [-0.3, -0.25) is 19.2 Å². The number of hydrogen-bond acceptors (Lipinski definition) is 5. The monoisotopic (exact) mass is 396 g/mol. The molecule has 0 aliphatic heterocycles. The molecule has 2 aromatic rings. The summed E-state index contributed by atoms with van der Waals surface area (Å²) in [6, 6.07) is 13.4. The minimum atomic E-state index is -1.21. The molecule has 0 saturated carbocycles. The molecule has 0 spiro atoms. The van der Waals surface area contributed by atoms with Crippen LogP contribution in [0.15, 0.2) is 60.3 Å². The van der Waals surface area contributed by atoms with Crippen LogP contribution in [0, 0.1) is 0 Å². The van der Waals surface area contributed by atoms with Crippen molar-refractivity contribution < 1.29 is 29.0 Å². The quantitative estimate of drug-likeness (QED) is 0.374. The first-order valence-corrected chi connectivity index (χ1v) is 8.66. The van der Waals surface area contributed by atoms with Gasteiger partial charge in [-0.15, -0.1) is 0 Å². The van der Waals surface area contributed by atoms with Gasteiger partial charge in [0, 0.05) is 12.5 Å². The van der Waals surface area contributed by atoms with Gasteiger partial charge >= 0.3 is 11.9 Å². The van der Waals surface area contributed by atoms with Gasteiger partial charge in [-0.1, -0.05) is 30.3 Å². The summed E-state index contributed by atoms with van der Waals surface area (Å²) in [5.41, 5.74) is 0.734. The molecule has 0 bridgehead atoms. The van der Waals surface area contributed by atoms with E-state index in [2.05, 4.69) is 10.6 Å². The van der Waals surface area contributed by atoms with Crippen LogP contribution in [-0.2, 0) is 14.4 Å². The van der Waals surface area contributed by atoms with E-state index in [1.807, 2.05) is 0 Å². The molecule has 0 aliphatic rings. The second-order valence-electron chi connectivity index (χ2n) is 6.07. The summed E-state index contributed by atoms with van der Waals surface area (Å²) >= 11 is 0. The minimum Gasteiger partial charge on any atom is -0.480 e. The Morgan fingerprint density at radius 2 is 1.62 bits per heavy atom. The van der Waals surface area contributed by atoms with Gasteiger partial charge in [0.05, 0.1) is 0 Å². The van der Waals surface area contributed by atoms with E-state index in [-0.39, 0.29) is 5.70 Å². The third kappa shape index (κ3) is 6.62. The Labute approximate surface area is 167 Å². The molecule has 3 N–H and O–H groups in total. The van der Waals surface area contributed by atoms with E-state index in [0.717, 1.165) is 0 Å². The summed E-state index contributed by atoms with van der Waals surface area (Å²) < 4.78 is 4.95. The molecule has 0 heterocycles. The predicted octanol–water partition coefficient (Wildman–Crippen LogP) is 1.97. The fourth-order valence-electron chi connectivity index (χ4n) is 2.24. The van der Waals surface area contributed by atoms with Gasteiger partial charge in [0.25, 0.3) is 11.8 Å². The third-order valence-electron chi connectivity index (χ3n) is 3.70. The van der Waals surface area contributed by atoms with Crippen molar-refractivity contribution in [3.05, 3.63) is 71.4 Å². The molecule has 8 nitrogen and oxygen atoms in total. The topological polar surface area (TPSA) is 122 Å². The van der Waals surface area contributed by atoms with Crippen LogP contribution in [0.5, 0.6) is 5.75 Å². The van der Waals surface area contributed by atoms with E-state index in [1.54, 1.807) is 42.5 Å². The third-order valence-corrected chi connectivity index (χ3v) is 3.70. The number of ether oxygens (including phenoxy) is 1. The van der Waals surface area contributed by atoms with Crippen LogP contribution < -0.4 is 15.4 Å². The first-order chi connectivity index (χ1) is 13.8. The average Bonchev–Trinajstić information content (AvgIpc) is 2.68. The molecule has 0 radical (unpaired) electrons. The molecule has 0 fully saturated rings. The summed E-state index contributed by atoms with van der Waals surface area (Å²) in [7, 11) is 0. The number of carbonyl (C=O) groups excluding carboxylic acids is 3. The highest BCUT2D eigenvalue weighted by Gasteiger charge is 2.19. The molecule has 150 valence electrons. The van der Waals surface area contributed by atoms with Crippen molar-refractivity contribution in [3.63, 3.8) is 0 Å². The van der Waals surface area contributed by atoms with Crippen molar-refractivity contribution >= 4 is 29.8 Å². The van der Waals surface area contributed by atoms with Crippen molar-refractivity contribution in [1.82, 2.24) is 10.6 Å². The van der Waals surface area contributed by atoms with Gasteiger partial charge in [-0.05, 0) is 42.8 Å². The Balaban J connectivity index is 2.28. The second-order valence-corrected chi connectivity index (χ2v) is 6.07. The zero-order chi connectivity index (χ0) is 21.4. The average molecular weight is 396 g/mol. The first-order valence-electron chi connectivity index (χ1n) is 8.66. The molecule has 0 saturated heterocycles. The first kappa shape index (κ1) is 21.4. The smallest absolute Gasteiger partial charge is 0.325 e. The predicted molar refractivity (Wildman–Crippen MR) is 105 cm³/mol. The van der Waals surface area contributed by atoms with E-state index in [4.69, 9.17) is 9.84 Å². The van der Waals surface area contributed by atoms with Crippen LogP contribution in [-0.4, -0.2) is 34.9 Å². The van der Waals surface area contributed by atoms with Crippen molar-refractivity contribution in [1.29, 1.82) is 0 Å². The van der Waals surface area contributed by atoms with Gasteiger partial charge in [-0.2, -0.15) is 0 Å². The molecule has 0 aromatic heterocycles. The van der Waals surface area contributed by atoms with Crippen LogP contribution in [0.2, 0.25) is 0 Å². The number of nitrogens with one attached hydrogen (secondary N) is 2. The molecule has 2 amide bonds. The van der Waals surface area contributed by atoms with Crippen LogP contribution in [0.3, 0.4) is 0 Å². The molecule has 1 atom stereocenters. The van der Waals surface area contributed by atoms with Crippen LogP contribution >= 0.6 is 0 Å². The van der Waals surface area contributed by atoms with E-state index < -0.39 is 29.8 Å². The van der Waals surface area contributed by atoms with Crippen LogP contribution in [0.4, 0.5) is 0 Å². The zero-order valence-electron chi connectivity index (χ0n) is 15.8. The van der Waals surface area contributed by atoms with Gasteiger partial charge in [-0.25, -0.2) is 0 Å². The highest BCUT2D eigenvalue weighted by Crippen LogP contribution is 2.15. The van der Waals surface area contributed by atoms with Crippen molar-refractivity contribution in [3.8, 4) is 5.75 Å². The number of carboxylic acids is 1. The lowest BCUT2D eigenvalue weighted by Gasteiger charge is -2.13. The molecule has 0 aliphatic carbocycles. The van der Waals surface area contributed by atoms with E-state index in [1.165, 1.54) is 32.1 Å². The Bertz CT molecular complexity index is 935. The molecule has 2 aromatic carbocycles. The summed E-state index contributed by atoms with van der Waals surface area (Å²) in [5.74, 6) is -2.63. The van der Waals surface area contributed by atoms with Crippen molar-refractivity contribution in [2.45, 2.75) is 19.9 Å². The van der Waals surface area contributed by atoms with Crippen molar-refractivity contribution in [2.75, 3.05) is 0 Å². The summed E-state index contributed by atoms with van der Waals surface area (Å²) in [4.78, 5) is 47.0. The number of hydrogen-bond donors (Lipinski definition) is 3. The minimum absolute atomic E-state index is 0.132. The lowest BCUT2D eigenvalue weighted by atomic mass is 10.1. The molecule has 2 rings (SSSR count). The van der Waals surface area contributed by atoms with E-state index in [0.29, 0.717) is 16.9 Å². The highest BCUT2D eigenvalue weighted by atomic mass is 16.5. The molecular formula is C21H20N2O6. The van der Waals surface area contributed by atoms with Gasteiger partial charge in [0.2, 0.25) is 0 Å². The molecular weight excluding hydrogens is 376 g/mol. The summed E-state index contributed by atoms with van der Waals surface area (Å²) in [5, 5.41) is 13.8. The number of benzene rings is 2. The number of carbonyl (C=O) groups is 4. The van der Waals surface area contributed by atoms with Crippen LogP contribution in [0.25, 0.3) is 6.08 Å². The highest BCUT2D eigenvalue weighted by molar-refractivity contribution is 6.06. The van der Waals surface area contributed by atoms with Crippen LogP contribution in [0.1, 0.15) is 29.8 Å². The standard InChI is InChI=1S/C21H20N2O6/c1-13(21(27)28)22-20(26)18(23-19(25)16-6-4-3-5-7-16)12-15-8-10-17(11-9-15)29-14(2)24/h3-13H,1-2H3,(H,22,26)(H,23,25)(H,27,28)/b18-12+. The maximum atomic E-state index is 12.5. The number of rotatable bonds is 7. The van der Waals surface area contributed by atoms with E-state index >= 15 is 0 Å². The number of amides is 2. The SMILES string of the molecule is CC(=O)Oc1ccc(/C=C(/NC(=O)c2ccccc2)C(=O)NC(C)C(=O)O)cc1. The Kier molecular flexibility index (Phi) is 7.25. The largest absolute Gasteiger partial charge is 0.480 e. The normalized spacial score (nSPS) is 11.9. The number of aliphatic carboxylic acids is 1. The number of carboxylic acid groups (broad SMARTS) is 1. The Morgan fingerprint density at radius 3 is 2.17 bits per heavy atom. The van der Waals surface area contributed by atoms with Crippen molar-refractivity contribution in [2.24, 2.45) is 0 Å². The fraction of sp³-hybridized carbons (Fsp3) is 0.143. The Hall–Kier alpha value is -3.94.